The van der Waals surface area contributed by atoms with Crippen LogP contribution >= 0.6 is 23.4 Å². The van der Waals surface area contributed by atoms with Crippen LogP contribution in [0, 0.1) is 6.92 Å². The molecule has 0 saturated carbocycles. The van der Waals surface area contributed by atoms with E-state index >= 15 is 0 Å². The number of nitrogens with zero attached hydrogens (tertiary/aromatic N) is 3. The SMILES string of the molecule is CCn1c(NC(=O)COc2ccccc2C)nnc1SCc1ccccc1Cl. The van der Waals surface area contributed by atoms with Crippen LogP contribution in [0.25, 0.3) is 0 Å². The number of para-hydroxylation sites is 1. The number of halogens is 1. The fourth-order valence-corrected chi connectivity index (χ4v) is 3.84. The van der Waals surface area contributed by atoms with Crippen molar-refractivity contribution in [2.45, 2.75) is 31.3 Å². The van der Waals surface area contributed by atoms with Crippen molar-refractivity contribution in [3.8, 4) is 5.75 Å². The Morgan fingerprint density at radius 1 is 1.18 bits per heavy atom. The zero-order valence-corrected chi connectivity index (χ0v) is 17.3. The molecular formula is C20H21ClN4O2S. The maximum Gasteiger partial charge on any atom is 0.264 e. The van der Waals surface area contributed by atoms with Gasteiger partial charge in [0, 0.05) is 17.3 Å². The Morgan fingerprint density at radius 2 is 1.93 bits per heavy atom. The summed E-state index contributed by atoms with van der Waals surface area (Å²) >= 11 is 7.73. The number of rotatable bonds is 8. The summed E-state index contributed by atoms with van der Waals surface area (Å²) < 4.78 is 7.43. The van der Waals surface area contributed by atoms with Gasteiger partial charge in [-0.05, 0) is 37.1 Å². The van der Waals surface area contributed by atoms with E-state index in [0.717, 1.165) is 21.3 Å². The Hall–Kier alpha value is -2.51. The fraction of sp³-hybridized carbons (Fsp3) is 0.250. The fourth-order valence-electron chi connectivity index (χ4n) is 2.55. The van der Waals surface area contributed by atoms with Gasteiger partial charge in [0.1, 0.15) is 5.75 Å². The van der Waals surface area contributed by atoms with Crippen molar-refractivity contribution in [1.29, 1.82) is 0 Å². The van der Waals surface area contributed by atoms with Gasteiger partial charge in [0.15, 0.2) is 11.8 Å². The van der Waals surface area contributed by atoms with Gasteiger partial charge in [0.2, 0.25) is 5.95 Å². The van der Waals surface area contributed by atoms with Crippen molar-refractivity contribution in [1.82, 2.24) is 14.8 Å². The van der Waals surface area contributed by atoms with Crippen LogP contribution in [0.5, 0.6) is 5.75 Å². The molecule has 0 aliphatic carbocycles. The molecule has 3 rings (SSSR count). The molecule has 1 aromatic heterocycles. The average Bonchev–Trinajstić information content (AvgIpc) is 3.08. The van der Waals surface area contributed by atoms with Crippen LogP contribution in [-0.2, 0) is 17.1 Å². The third-order valence-corrected chi connectivity index (χ3v) is 5.44. The van der Waals surface area contributed by atoms with Crippen LogP contribution in [0.4, 0.5) is 5.95 Å². The van der Waals surface area contributed by atoms with Gasteiger partial charge < -0.3 is 4.74 Å². The van der Waals surface area contributed by atoms with E-state index < -0.39 is 0 Å². The maximum atomic E-state index is 12.3. The summed E-state index contributed by atoms with van der Waals surface area (Å²) in [4.78, 5) is 12.3. The molecule has 0 saturated heterocycles. The normalized spacial score (nSPS) is 10.7. The van der Waals surface area contributed by atoms with E-state index in [4.69, 9.17) is 16.3 Å². The van der Waals surface area contributed by atoms with Crippen molar-refractivity contribution in [2.24, 2.45) is 0 Å². The third-order valence-electron chi connectivity index (χ3n) is 4.05. The molecule has 0 aliphatic rings. The van der Waals surface area contributed by atoms with Crippen LogP contribution in [0.3, 0.4) is 0 Å². The second-order valence-electron chi connectivity index (χ2n) is 6.03. The minimum Gasteiger partial charge on any atom is -0.483 e. The Labute approximate surface area is 173 Å². The molecule has 1 N–H and O–H groups in total. The van der Waals surface area contributed by atoms with Gasteiger partial charge in [0.05, 0.1) is 0 Å². The van der Waals surface area contributed by atoms with Crippen LogP contribution in [0.1, 0.15) is 18.1 Å². The van der Waals surface area contributed by atoms with E-state index in [0.29, 0.717) is 24.0 Å². The van der Waals surface area contributed by atoms with Gasteiger partial charge in [-0.15, -0.1) is 10.2 Å². The van der Waals surface area contributed by atoms with Crippen molar-refractivity contribution >= 4 is 35.2 Å². The zero-order valence-electron chi connectivity index (χ0n) is 15.7. The summed E-state index contributed by atoms with van der Waals surface area (Å²) in [7, 11) is 0. The van der Waals surface area contributed by atoms with Crippen molar-refractivity contribution in [3.63, 3.8) is 0 Å². The first-order valence-corrected chi connectivity index (χ1v) is 10.2. The highest BCUT2D eigenvalue weighted by molar-refractivity contribution is 7.98. The van der Waals surface area contributed by atoms with Crippen LogP contribution in [0.2, 0.25) is 5.02 Å². The minimum atomic E-state index is -0.284. The highest BCUT2D eigenvalue weighted by Gasteiger charge is 2.15. The third kappa shape index (κ3) is 5.05. The predicted molar refractivity (Wildman–Crippen MR) is 112 cm³/mol. The van der Waals surface area contributed by atoms with Gasteiger partial charge in [-0.3, -0.25) is 14.7 Å². The van der Waals surface area contributed by atoms with Gasteiger partial charge in [0.25, 0.3) is 5.91 Å². The smallest absolute Gasteiger partial charge is 0.264 e. The lowest BCUT2D eigenvalue weighted by Crippen LogP contribution is -2.22. The summed E-state index contributed by atoms with van der Waals surface area (Å²) in [5.41, 5.74) is 2.00. The number of carbonyl (C=O) groups excluding carboxylic acids is 1. The molecule has 1 heterocycles. The predicted octanol–water partition coefficient (Wildman–Crippen LogP) is 4.57. The standard InChI is InChI=1S/C20H21ClN4O2S/c1-3-25-19(22-18(26)12-27-17-11-7-4-8-14(17)2)23-24-20(25)28-13-15-9-5-6-10-16(15)21/h4-11H,3,12-13H2,1-2H3,(H,22,23,26). The number of carbonyl (C=O) groups is 1. The molecule has 6 nitrogen and oxygen atoms in total. The molecule has 146 valence electrons. The lowest BCUT2D eigenvalue weighted by Gasteiger charge is -2.10. The van der Waals surface area contributed by atoms with Crippen molar-refractivity contribution < 1.29 is 9.53 Å². The Bertz CT molecular complexity index is 961. The molecule has 0 spiro atoms. The molecular weight excluding hydrogens is 396 g/mol. The summed E-state index contributed by atoms with van der Waals surface area (Å²) in [5.74, 6) is 1.48. The highest BCUT2D eigenvalue weighted by atomic mass is 35.5. The number of aromatic nitrogens is 3. The first-order valence-electron chi connectivity index (χ1n) is 8.86. The molecule has 28 heavy (non-hydrogen) atoms. The number of thioether (sulfide) groups is 1. The average molecular weight is 417 g/mol. The quantitative estimate of drug-likeness (QED) is 0.545. The second-order valence-corrected chi connectivity index (χ2v) is 7.38. The molecule has 0 aliphatic heterocycles. The number of aryl methyl sites for hydroxylation is 1. The molecule has 0 unspecified atom stereocenters. The Morgan fingerprint density at radius 3 is 2.68 bits per heavy atom. The largest absolute Gasteiger partial charge is 0.483 e. The summed E-state index contributed by atoms with van der Waals surface area (Å²) in [5, 5.41) is 12.5. The van der Waals surface area contributed by atoms with E-state index in [1.807, 2.05) is 66.9 Å². The minimum absolute atomic E-state index is 0.0937. The molecule has 0 atom stereocenters. The maximum absolute atomic E-state index is 12.3. The van der Waals surface area contributed by atoms with E-state index in [-0.39, 0.29) is 12.5 Å². The molecule has 0 bridgehead atoms. The number of nitrogens with one attached hydrogen (secondary N) is 1. The van der Waals surface area contributed by atoms with Gasteiger partial charge in [-0.1, -0.05) is 59.8 Å². The van der Waals surface area contributed by atoms with E-state index in [2.05, 4.69) is 15.5 Å². The van der Waals surface area contributed by atoms with Crippen molar-refractivity contribution in [2.75, 3.05) is 11.9 Å². The first kappa shape index (κ1) is 20.2. The van der Waals surface area contributed by atoms with Crippen LogP contribution in [0.15, 0.2) is 53.7 Å². The number of amides is 1. The number of hydrogen-bond acceptors (Lipinski definition) is 5. The Kier molecular flexibility index (Phi) is 6.95. The monoisotopic (exact) mass is 416 g/mol. The van der Waals surface area contributed by atoms with Gasteiger partial charge in [-0.25, -0.2) is 0 Å². The summed E-state index contributed by atoms with van der Waals surface area (Å²) in [6.45, 7) is 4.45. The van der Waals surface area contributed by atoms with E-state index in [1.165, 1.54) is 11.8 Å². The summed E-state index contributed by atoms with van der Waals surface area (Å²) in [6.07, 6.45) is 0. The Balaban J connectivity index is 1.60. The van der Waals surface area contributed by atoms with Gasteiger partial charge >= 0.3 is 0 Å². The number of ether oxygens (including phenoxy) is 1. The second kappa shape index (κ2) is 9.61. The zero-order chi connectivity index (χ0) is 19.9. The van der Waals surface area contributed by atoms with Crippen LogP contribution < -0.4 is 10.1 Å². The lowest BCUT2D eigenvalue weighted by molar-refractivity contribution is -0.118. The van der Waals surface area contributed by atoms with E-state index in [9.17, 15) is 4.79 Å². The van der Waals surface area contributed by atoms with E-state index in [1.54, 1.807) is 0 Å². The molecule has 0 radical (unpaired) electrons. The van der Waals surface area contributed by atoms with Crippen LogP contribution in [-0.4, -0.2) is 27.3 Å². The number of benzene rings is 2. The first-order chi connectivity index (χ1) is 13.6. The molecule has 3 aromatic rings. The molecule has 1 amide bonds. The van der Waals surface area contributed by atoms with Gasteiger partial charge in [-0.2, -0.15) is 0 Å². The summed E-state index contributed by atoms with van der Waals surface area (Å²) in [6, 6.07) is 15.3. The van der Waals surface area contributed by atoms with Crippen molar-refractivity contribution in [3.05, 3.63) is 64.7 Å². The molecule has 8 heteroatoms. The molecule has 0 fully saturated rings. The lowest BCUT2D eigenvalue weighted by atomic mass is 10.2. The topological polar surface area (TPSA) is 69.0 Å². The number of hydrogen-bond donors (Lipinski definition) is 1. The molecule has 2 aromatic carbocycles. The highest BCUT2D eigenvalue weighted by Crippen LogP contribution is 2.27. The number of anilines is 1.